The van der Waals surface area contributed by atoms with Gasteiger partial charge in [-0.15, -0.1) is 0 Å². The van der Waals surface area contributed by atoms with E-state index in [1.165, 1.54) is 12.3 Å². The van der Waals surface area contributed by atoms with Gasteiger partial charge in [-0.25, -0.2) is 9.36 Å². The number of aliphatic hydroxyl groups excluding tert-OH is 2. The zero-order valence-corrected chi connectivity index (χ0v) is 16.0. The molecule has 2 heterocycles. The van der Waals surface area contributed by atoms with Crippen LogP contribution < -0.4 is 16.9 Å². The minimum Gasteiger partial charge on any atom is -0.387 e. The lowest BCUT2D eigenvalue weighted by molar-refractivity contribution is -0.0565. The van der Waals surface area contributed by atoms with Gasteiger partial charge in [-0.05, 0) is 11.6 Å². The summed E-state index contributed by atoms with van der Waals surface area (Å²) in [7, 11) is -4.52. The van der Waals surface area contributed by atoms with Crippen LogP contribution >= 0.6 is 7.82 Å². The largest absolute Gasteiger partial charge is 0.488 e. The fourth-order valence-electron chi connectivity index (χ4n) is 2.70. The molecule has 1 aromatic heterocycles. The van der Waals surface area contributed by atoms with E-state index in [-0.39, 0.29) is 12.4 Å². The molecule has 13 heteroatoms. The van der Waals surface area contributed by atoms with E-state index in [2.05, 4.69) is 15.1 Å². The van der Waals surface area contributed by atoms with Crippen LogP contribution in [-0.2, 0) is 25.0 Å². The molecule has 6 N–H and O–H groups in total. The number of nitrogens with zero attached hydrogens (tertiary/aromatic N) is 2. The molecule has 3 rings (SSSR count). The first-order valence-electron chi connectivity index (χ1n) is 8.56. The van der Waals surface area contributed by atoms with Crippen molar-refractivity contribution < 1.29 is 33.6 Å². The molecule has 2 aromatic rings. The standard InChI is InChI=1S/C16H21N4O8P/c17-12-6-7-20(16(23)19-12)15-14(22)13(21)11(27-15)9-26-29(24,25)28-18-8-10-4-2-1-3-5-10/h1-7,11,13-15,18,21-22H,8-9H2,(H,24,25)(H2,17,19,23)/t11-,13-,14+,15-/m1/s1. The van der Waals surface area contributed by atoms with Crippen LogP contribution in [0, 0.1) is 0 Å². The number of rotatable bonds is 8. The summed E-state index contributed by atoms with van der Waals surface area (Å²) in [5, 5.41) is 20.3. The van der Waals surface area contributed by atoms with Crippen molar-refractivity contribution in [3.63, 3.8) is 0 Å². The molecule has 1 saturated heterocycles. The quantitative estimate of drug-likeness (QED) is 0.265. The van der Waals surface area contributed by atoms with Gasteiger partial charge in [-0.1, -0.05) is 30.3 Å². The highest BCUT2D eigenvalue weighted by Crippen LogP contribution is 2.43. The van der Waals surface area contributed by atoms with Crippen molar-refractivity contribution in [2.75, 3.05) is 12.3 Å². The number of hydroxylamine groups is 1. The number of hydrogen-bond acceptors (Lipinski definition) is 10. The first-order valence-corrected chi connectivity index (χ1v) is 10.1. The maximum atomic E-state index is 12.0. The van der Waals surface area contributed by atoms with Gasteiger partial charge in [-0.3, -0.25) is 9.09 Å². The molecule has 1 aliphatic heterocycles. The van der Waals surface area contributed by atoms with Crippen LogP contribution in [0.4, 0.5) is 5.82 Å². The molecular formula is C16H21N4O8P. The summed E-state index contributed by atoms with van der Waals surface area (Å²) in [6.45, 7) is -0.419. The molecular weight excluding hydrogens is 407 g/mol. The van der Waals surface area contributed by atoms with Gasteiger partial charge in [0, 0.05) is 12.7 Å². The second kappa shape index (κ2) is 9.11. The molecule has 0 saturated carbocycles. The van der Waals surface area contributed by atoms with Crippen LogP contribution in [0.1, 0.15) is 11.8 Å². The summed E-state index contributed by atoms with van der Waals surface area (Å²) in [4.78, 5) is 25.1. The lowest BCUT2D eigenvalue weighted by Crippen LogP contribution is -2.36. The van der Waals surface area contributed by atoms with Crippen LogP contribution in [0.3, 0.4) is 0 Å². The molecule has 5 atom stereocenters. The van der Waals surface area contributed by atoms with Gasteiger partial charge in [0.05, 0.1) is 6.61 Å². The van der Waals surface area contributed by atoms with Crippen LogP contribution in [0.2, 0.25) is 0 Å². The van der Waals surface area contributed by atoms with E-state index in [1.807, 2.05) is 6.07 Å². The van der Waals surface area contributed by atoms with E-state index in [0.29, 0.717) is 0 Å². The van der Waals surface area contributed by atoms with E-state index in [4.69, 9.17) is 15.0 Å². The fraction of sp³-hybridized carbons (Fsp3) is 0.375. The highest BCUT2D eigenvalue weighted by molar-refractivity contribution is 7.47. The van der Waals surface area contributed by atoms with E-state index in [0.717, 1.165) is 10.1 Å². The van der Waals surface area contributed by atoms with Gasteiger partial charge >= 0.3 is 13.5 Å². The average Bonchev–Trinajstić information content (AvgIpc) is 2.96. The van der Waals surface area contributed by atoms with E-state index >= 15 is 0 Å². The Kier molecular flexibility index (Phi) is 6.77. The Hall–Kier alpha value is -2.15. The van der Waals surface area contributed by atoms with Gasteiger partial charge in [0.15, 0.2) is 6.23 Å². The minimum atomic E-state index is -4.52. The number of ether oxygens (including phenoxy) is 1. The van der Waals surface area contributed by atoms with Crippen molar-refractivity contribution in [2.45, 2.75) is 31.1 Å². The summed E-state index contributed by atoms with van der Waals surface area (Å²) < 4.78 is 27.8. The van der Waals surface area contributed by atoms with Crippen LogP contribution in [-0.4, -0.2) is 49.6 Å². The van der Waals surface area contributed by atoms with E-state index in [1.54, 1.807) is 24.3 Å². The molecule has 29 heavy (non-hydrogen) atoms. The first kappa shape index (κ1) is 21.6. The highest BCUT2D eigenvalue weighted by atomic mass is 31.2. The van der Waals surface area contributed by atoms with Crippen molar-refractivity contribution in [3.8, 4) is 0 Å². The number of anilines is 1. The lowest BCUT2D eigenvalue weighted by atomic mass is 10.1. The highest BCUT2D eigenvalue weighted by Gasteiger charge is 2.45. The lowest BCUT2D eigenvalue weighted by Gasteiger charge is -2.17. The number of hydrogen-bond donors (Lipinski definition) is 5. The number of nitrogens with two attached hydrogens (primary N) is 1. The summed E-state index contributed by atoms with van der Waals surface area (Å²) >= 11 is 0. The van der Waals surface area contributed by atoms with Crippen molar-refractivity contribution in [2.24, 2.45) is 0 Å². The van der Waals surface area contributed by atoms with Gasteiger partial charge in [0.2, 0.25) is 0 Å². The summed E-state index contributed by atoms with van der Waals surface area (Å²) in [6, 6.07) is 10.3. The Labute approximate surface area is 165 Å². The van der Waals surface area contributed by atoms with Gasteiger partial charge in [0.1, 0.15) is 24.1 Å². The zero-order chi connectivity index (χ0) is 21.0. The maximum Gasteiger partial charge on any atom is 0.488 e. The van der Waals surface area contributed by atoms with Crippen LogP contribution in [0.25, 0.3) is 0 Å². The number of nitrogens with one attached hydrogen (secondary N) is 1. The topological polar surface area (TPSA) is 178 Å². The van der Waals surface area contributed by atoms with Crippen LogP contribution in [0.5, 0.6) is 0 Å². The Morgan fingerprint density at radius 2 is 1.97 bits per heavy atom. The molecule has 0 bridgehead atoms. The number of benzene rings is 1. The number of nitrogen functional groups attached to an aromatic ring is 1. The SMILES string of the molecule is Nc1ccn([C@@H]2O[C@H](COP(=O)(O)ONCc3ccccc3)[C@@H](O)[C@@H]2O)c(=O)n1. The molecule has 1 aliphatic rings. The van der Waals surface area contributed by atoms with Gasteiger partial charge in [-0.2, -0.15) is 15.1 Å². The Morgan fingerprint density at radius 1 is 1.24 bits per heavy atom. The summed E-state index contributed by atoms with van der Waals surface area (Å²) in [5.74, 6) is -0.0134. The molecule has 158 valence electrons. The number of aromatic nitrogens is 2. The fourth-order valence-corrected chi connectivity index (χ4v) is 3.32. The van der Waals surface area contributed by atoms with Crippen molar-refractivity contribution in [1.82, 2.24) is 15.0 Å². The Balaban J connectivity index is 1.54. The number of phosphoric ester groups is 1. The third-order valence-electron chi connectivity index (χ3n) is 4.16. The Bertz CT molecular complexity index is 927. The van der Waals surface area contributed by atoms with Gasteiger partial charge in [0.25, 0.3) is 0 Å². The van der Waals surface area contributed by atoms with Crippen molar-refractivity contribution in [3.05, 3.63) is 58.6 Å². The predicted molar refractivity (Wildman–Crippen MR) is 99.0 cm³/mol. The van der Waals surface area contributed by atoms with Crippen LogP contribution in [0.15, 0.2) is 47.4 Å². The summed E-state index contributed by atoms with van der Waals surface area (Å²) in [5.41, 5.74) is 7.77. The second-order valence-electron chi connectivity index (χ2n) is 6.25. The van der Waals surface area contributed by atoms with Gasteiger partial charge < -0.3 is 25.6 Å². The van der Waals surface area contributed by atoms with Crippen molar-refractivity contribution >= 4 is 13.6 Å². The number of aliphatic hydroxyl groups is 2. The minimum absolute atomic E-state index is 0.0134. The number of phosphoric acid groups is 1. The molecule has 1 unspecified atom stereocenters. The zero-order valence-electron chi connectivity index (χ0n) is 15.1. The predicted octanol–water partition coefficient (Wildman–Crippen LogP) is -0.717. The molecule has 0 radical (unpaired) electrons. The average molecular weight is 428 g/mol. The summed E-state index contributed by atoms with van der Waals surface area (Å²) in [6.07, 6.45) is -4.20. The molecule has 0 spiro atoms. The normalized spacial score (nSPS) is 26.3. The first-order chi connectivity index (χ1) is 13.8. The third-order valence-corrected chi connectivity index (χ3v) is 5.00. The third kappa shape index (κ3) is 5.47. The monoisotopic (exact) mass is 428 g/mol. The molecule has 0 aliphatic carbocycles. The molecule has 1 aromatic carbocycles. The van der Waals surface area contributed by atoms with E-state index in [9.17, 15) is 24.5 Å². The van der Waals surface area contributed by atoms with Crippen molar-refractivity contribution in [1.29, 1.82) is 0 Å². The molecule has 1 fully saturated rings. The molecule has 12 nitrogen and oxygen atoms in total. The molecule has 0 amide bonds. The maximum absolute atomic E-state index is 12.0. The second-order valence-corrected chi connectivity index (χ2v) is 7.63. The Morgan fingerprint density at radius 3 is 2.66 bits per heavy atom. The smallest absolute Gasteiger partial charge is 0.387 e. The van der Waals surface area contributed by atoms with E-state index < -0.39 is 44.7 Å².